The predicted molar refractivity (Wildman–Crippen MR) is 160 cm³/mol. The maximum absolute atomic E-state index is 13.1. The van der Waals surface area contributed by atoms with Crippen molar-refractivity contribution in [2.24, 2.45) is 0 Å². The van der Waals surface area contributed by atoms with Crippen LogP contribution in [0.3, 0.4) is 0 Å². The van der Waals surface area contributed by atoms with Crippen LogP contribution in [0.15, 0.2) is 73.1 Å². The van der Waals surface area contributed by atoms with Gasteiger partial charge in [-0.15, -0.1) is 0 Å². The maximum atomic E-state index is 13.1. The van der Waals surface area contributed by atoms with Gasteiger partial charge in [0, 0.05) is 43.9 Å². The van der Waals surface area contributed by atoms with Crippen molar-refractivity contribution in [1.29, 1.82) is 5.26 Å². The lowest BCUT2D eigenvalue weighted by Crippen LogP contribution is -2.32. The van der Waals surface area contributed by atoms with Crippen LogP contribution < -0.4 is 10.5 Å². The molecule has 2 atom stereocenters. The van der Waals surface area contributed by atoms with Crippen LogP contribution in [0.5, 0.6) is 11.5 Å². The van der Waals surface area contributed by atoms with E-state index in [1.165, 1.54) is 6.33 Å². The smallest absolute Gasteiger partial charge is 0.246 e. The Morgan fingerprint density at radius 1 is 1.17 bits per heavy atom. The lowest BCUT2D eigenvalue weighted by Gasteiger charge is -2.21. The number of amides is 1. The van der Waals surface area contributed by atoms with Gasteiger partial charge in [-0.3, -0.25) is 9.69 Å². The molecular formula is C32H33N7O3. The number of nitrogen functional groups attached to an aromatic ring is 1. The largest absolute Gasteiger partial charge is 0.457 e. The fourth-order valence-corrected chi connectivity index (χ4v) is 5.81. The van der Waals surface area contributed by atoms with Crippen LogP contribution in [0, 0.1) is 11.3 Å². The first-order chi connectivity index (χ1) is 20.5. The normalized spacial score (nSPS) is 18.7. The van der Waals surface area contributed by atoms with E-state index in [0.29, 0.717) is 66.0 Å². The first-order valence-electron chi connectivity index (χ1n) is 14.1. The van der Waals surface area contributed by atoms with E-state index >= 15 is 0 Å². The molecule has 4 aromatic rings. The van der Waals surface area contributed by atoms with Crippen molar-refractivity contribution in [2.45, 2.75) is 24.9 Å². The summed E-state index contributed by atoms with van der Waals surface area (Å²) in [5, 5.41) is 11.0. The number of ether oxygens (including phenoxy) is 2. The highest BCUT2D eigenvalue weighted by Gasteiger charge is 2.32. The molecule has 1 amide bonds. The molecule has 0 saturated carbocycles. The summed E-state index contributed by atoms with van der Waals surface area (Å²) in [6.07, 6.45) is 6.70. The molecule has 4 heterocycles. The molecule has 0 bridgehead atoms. The monoisotopic (exact) mass is 563 g/mol. The molecular weight excluding hydrogens is 530 g/mol. The summed E-state index contributed by atoms with van der Waals surface area (Å²) < 4.78 is 13.4. The predicted octanol–water partition coefficient (Wildman–Crippen LogP) is 4.39. The summed E-state index contributed by atoms with van der Waals surface area (Å²) in [6, 6.07) is 19.8. The van der Waals surface area contributed by atoms with Gasteiger partial charge in [0.2, 0.25) is 5.91 Å². The number of rotatable bonds is 8. The lowest BCUT2D eigenvalue weighted by atomic mass is 10.0. The number of nitrogens with zero attached hydrogens (tertiary/aromatic N) is 6. The number of hydrogen-bond acceptors (Lipinski definition) is 8. The topological polar surface area (TPSA) is 123 Å². The summed E-state index contributed by atoms with van der Waals surface area (Å²) in [5.41, 5.74) is 8.91. The minimum absolute atomic E-state index is 0.0353. The molecule has 0 radical (unpaired) electrons. The van der Waals surface area contributed by atoms with Crippen molar-refractivity contribution in [1.82, 2.24) is 24.3 Å². The van der Waals surface area contributed by atoms with E-state index in [2.05, 4.69) is 28.0 Å². The highest BCUT2D eigenvalue weighted by molar-refractivity contribution is 6.03. The molecule has 2 aromatic carbocycles. The SMILES string of the molecule is CN(C/C=C/C(=O)N1CC[C@@H](n2c(C#N)c(-c3ccc(Oc4ccccc4)cc3)c3c(N)ncnc32)C1)C1CCOC1. The van der Waals surface area contributed by atoms with Crippen LogP contribution in [0.1, 0.15) is 24.6 Å². The summed E-state index contributed by atoms with van der Waals surface area (Å²) in [6.45, 7) is 3.28. The first kappa shape index (κ1) is 27.4. The van der Waals surface area contributed by atoms with E-state index in [0.717, 1.165) is 30.9 Å². The summed E-state index contributed by atoms with van der Waals surface area (Å²) in [4.78, 5) is 25.9. The van der Waals surface area contributed by atoms with E-state index in [9.17, 15) is 10.1 Å². The molecule has 0 aliphatic carbocycles. The van der Waals surface area contributed by atoms with E-state index in [1.807, 2.05) is 70.1 Å². The lowest BCUT2D eigenvalue weighted by molar-refractivity contribution is -0.125. The molecule has 0 spiro atoms. The molecule has 6 rings (SSSR count). The minimum Gasteiger partial charge on any atom is -0.457 e. The van der Waals surface area contributed by atoms with E-state index in [4.69, 9.17) is 15.2 Å². The zero-order chi connectivity index (χ0) is 29.1. The number of carbonyl (C=O) groups excluding carboxylic acids is 1. The Hall–Kier alpha value is -4.72. The zero-order valence-electron chi connectivity index (χ0n) is 23.5. The number of nitrogens with two attached hydrogens (primary N) is 1. The van der Waals surface area contributed by atoms with Crippen molar-refractivity contribution in [3.8, 4) is 28.7 Å². The number of anilines is 1. The number of fused-ring (bicyclic) bond motifs is 1. The molecule has 2 aliphatic rings. The van der Waals surface area contributed by atoms with Crippen LogP contribution in [0.4, 0.5) is 5.82 Å². The number of aromatic nitrogens is 3. The molecule has 2 aromatic heterocycles. The third kappa shape index (κ3) is 5.44. The van der Waals surface area contributed by atoms with Gasteiger partial charge in [-0.05, 0) is 49.7 Å². The van der Waals surface area contributed by atoms with Crippen molar-refractivity contribution < 1.29 is 14.3 Å². The highest BCUT2D eigenvalue weighted by Crippen LogP contribution is 2.40. The van der Waals surface area contributed by atoms with Gasteiger partial charge in [0.05, 0.1) is 18.0 Å². The Kier molecular flexibility index (Phi) is 7.86. The molecule has 2 fully saturated rings. The maximum Gasteiger partial charge on any atom is 0.246 e. The van der Waals surface area contributed by atoms with Crippen molar-refractivity contribution in [3.05, 3.63) is 78.8 Å². The number of likely N-dealkylation sites (tertiary alicyclic amines) is 1. The molecule has 42 heavy (non-hydrogen) atoms. The van der Waals surface area contributed by atoms with Crippen LogP contribution in [-0.2, 0) is 9.53 Å². The molecule has 10 heteroatoms. The highest BCUT2D eigenvalue weighted by atomic mass is 16.5. The van der Waals surface area contributed by atoms with Crippen LogP contribution in [-0.4, -0.2) is 76.2 Å². The van der Waals surface area contributed by atoms with E-state index in [-0.39, 0.29) is 11.9 Å². The zero-order valence-corrected chi connectivity index (χ0v) is 23.5. The van der Waals surface area contributed by atoms with E-state index < -0.39 is 0 Å². The second kappa shape index (κ2) is 12.0. The Morgan fingerprint density at radius 3 is 2.69 bits per heavy atom. The Morgan fingerprint density at radius 2 is 1.95 bits per heavy atom. The molecule has 2 N–H and O–H groups in total. The van der Waals surface area contributed by atoms with Gasteiger partial charge in [-0.25, -0.2) is 9.97 Å². The molecule has 214 valence electrons. The fraction of sp³-hybridized carbons (Fsp3) is 0.312. The Balaban J connectivity index is 1.24. The standard InChI is InChI=1S/C32H33N7O3/c1-37(24-14-17-41-20-24)15-5-8-28(40)38-16-13-23(19-38)39-27(18-33)29(30-31(34)35-21-36-32(30)39)22-9-11-26(12-10-22)42-25-6-3-2-4-7-25/h2-12,21,23-24H,13-17,19-20H2,1H3,(H2,34,35,36)/b8-5+/t23-,24?/m1/s1. The fourth-order valence-electron chi connectivity index (χ4n) is 5.81. The second-order valence-corrected chi connectivity index (χ2v) is 10.7. The number of likely N-dealkylation sites (N-methyl/N-ethyl adjacent to an activating group) is 1. The average Bonchev–Trinajstić information content (AvgIpc) is 3.78. The molecule has 2 saturated heterocycles. The molecule has 10 nitrogen and oxygen atoms in total. The van der Waals surface area contributed by atoms with Crippen molar-refractivity contribution >= 4 is 22.8 Å². The van der Waals surface area contributed by atoms with Crippen LogP contribution >= 0.6 is 0 Å². The van der Waals surface area contributed by atoms with Gasteiger partial charge in [-0.2, -0.15) is 5.26 Å². The van der Waals surface area contributed by atoms with E-state index in [1.54, 1.807) is 6.08 Å². The van der Waals surface area contributed by atoms with Gasteiger partial charge in [0.1, 0.15) is 41.1 Å². The quantitative estimate of drug-likeness (QED) is 0.313. The third-order valence-electron chi connectivity index (χ3n) is 8.06. The summed E-state index contributed by atoms with van der Waals surface area (Å²) in [5.74, 6) is 1.69. The van der Waals surface area contributed by atoms with Gasteiger partial charge >= 0.3 is 0 Å². The Labute approximate surface area is 244 Å². The van der Waals surface area contributed by atoms with Crippen LogP contribution in [0.2, 0.25) is 0 Å². The first-order valence-corrected chi connectivity index (χ1v) is 14.1. The van der Waals surface area contributed by atoms with Gasteiger partial charge in [0.15, 0.2) is 0 Å². The van der Waals surface area contributed by atoms with Crippen molar-refractivity contribution in [2.75, 3.05) is 45.6 Å². The molecule has 2 aliphatic heterocycles. The number of hydrogen-bond donors (Lipinski definition) is 1. The average molecular weight is 564 g/mol. The minimum atomic E-state index is -0.124. The van der Waals surface area contributed by atoms with Gasteiger partial charge in [-0.1, -0.05) is 36.4 Å². The van der Waals surface area contributed by atoms with Crippen molar-refractivity contribution in [3.63, 3.8) is 0 Å². The van der Waals surface area contributed by atoms with Gasteiger partial charge in [0.25, 0.3) is 0 Å². The van der Waals surface area contributed by atoms with Crippen LogP contribution in [0.25, 0.3) is 22.2 Å². The molecule has 1 unspecified atom stereocenters. The number of carbonyl (C=O) groups is 1. The Bertz CT molecular complexity index is 1640. The van der Waals surface area contributed by atoms with Gasteiger partial charge < -0.3 is 24.7 Å². The number of nitriles is 1. The number of para-hydroxylation sites is 1. The second-order valence-electron chi connectivity index (χ2n) is 10.7. The third-order valence-corrected chi connectivity index (χ3v) is 8.06. The number of benzene rings is 2. The summed E-state index contributed by atoms with van der Waals surface area (Å²) in [7, 11) is 2.05. The summed E-state index contributed by atoms with van der Waals surface area (Å²) >= 11 is 0.